The molecule has 1 amide bonds. The molecule has 178 valence electrons. The second-order valence-electron chi connectivity index (χ2n) is 8.66. The molecule has 3 aromatic carbocycles. The summed E-state index contributed by atoms with van der Waals surface area (Å²) >= 11 is 0. The zero-order valence-corrected chi connectivity index (χ0v) is 20.0. The molecule has 0 aliphatic heterocycles. The van der Waals surface area contributed by atoms with Gasteiger partial charge in [-0.1, -0.05) is 54.1 Å². The molecule has 1 fully saturated rings. The van der Waals surface area contributed by atoms with Crippen LogP contribution in [-0.4, -0.2) is 25.4 Å². The maximum Gasteiger partial charge on any atom is 0.252 e. The summed E-state index contributed by atoms with van der Waals surface area (Å²) in [6.45, 7) is 2.27. The van der Waals surface area contributed by atoms with Crippen molar-refractivity contribution in [2.75, 3.05) is 0 Å². The lowest BCUT2D eigenvalue weighted by molar-refractivity contribution is 0.0951. The van der Waals surface area contributed by atoms with Crippen LogP contribution in [0.1, 0.15) is 34.3 Å². The Morgan fingerprint density at radius 3 is 2.43 bits per heavy atom. The largest absolute Gasteiger partial charge is 0.436 e. The molecule has 0 unspecified atom stereocenters. The fourth-order valence-corrected chi connectivity index (χ4v) is 4.98. The second kappa shape index (κ2) is 9.48. The van der Waals surface area contributed by atoms with Crippen LogP contribution in [-0.2, 0) is 16.6 Å². The monoisotopic (exact) mass is 487 g/mol. The van der Waals surface area contributed by atoms with Crippen molar-refractivity contribution in [1.29, 1.82) is 0 Å². The highest BCUT2D eigenvalue weighted by atomic mass is 32.2. The number of nitrogens with zero attached hydrogens (tertiary/aromatic N) is 1. The highest BCUT2D eigenvalue weighted by molar-refractivity contribution is 7.89. The van der Waals surface area contributed by atoms with Crippen molar-refractivity contribution >= 4 is 15.9 Å². The molecule has 0 bridgehead atoms. The van der Waals surface area contributed by atoms with Gasteiger partial charge in [0.25, 0.3) is 5.91 Å². The average molecular weight is 488 g/mol. The van der Waals surface area contributed by atoms with Gasteiger partial charge in [0.15, 0.2) is 5.76 Å². The number of sulfonamides is 1. The normalized spacial score (nSPS) is 13.5. The van der Waals surface area contributed by atoms with E-state index in [1.807, 2.05) is 37.3 Å². The lowest BCUT2D eigenvalue weighted by Gasteiger charge is -2.10. The van der Waals surface area contributed by atoms with Gasteiger partial charge in [0.1, 0.15) is 0 Å². The van der Waals surface area contributed by atoms with Crippen molar-refractivity contribution in [2.24, 2.45) is 0 Å². The zero-order chi connectivity index (χ0) is 24.4. The molecule has 7 nitrogen and oxygen atoms in total. The van der Waals surface area contributed by atoms with E-state index in [9.17, 15) is 13.2 Å². The number of oxazole rings is 1. The van der Waals surface area contributed by atoms with Crippen LogP contribution in [0, 0.1) is 6.92 Å². The molecule has 0 spiro atoms. The van der Waals surface area contributed by atoms with Gasteiger partial charge >= 0.3 is 0 Å². The first-order valence-corrected chi connectivity index (χ1v) is 12.9. The molecule has 1 aliphatic carbocycles. The van der Waals surface area contributed by atoms with Gasteiger partial charge in [0.05, 0.1) is 16.7 Å². The number of amides is 1. The van der Waals surface area contributed by atoms with Crippen molar-refractivity contribution in [2.45, 2.75) is 37.2 Å². The molecular weight excluding hydrogens is 462 g/mol. The number of hydrogen-bond donors (Lipinski definition) is 2. The van der Waals surface area contributed by atoms with Crippen molar-refractivity contribution in [1.82, 2.24) is 15.0 Å². The maximum absolute atomic E-state index is 13.0. The molecule has 35 heavy (non-hydrogen) atoms. The summed E-state index contributed by atoms with van der Waals surface area (Å²) in [7, 11) is -3.50. The second-order valence-corrected chi connectivity index (χ2v) is 10.4. The lowest BCUT2D eigenvalue weighted by Crippen LogP contribution is -2.26. The first kappa shape index (κ1) is 23.0. The molecule has 1 aliphatic rings. The standard InChI is InChI=1S/C27H25N3O4S/c1-18-6-10-20(11-7-18)25-17-29-27(34-25)24-5-3-2-4-23(24)26(31)28-16-19-8-14-22(15-9-19)35(32,33)30-21-12-13-21/h2-11,14-15,17,21,30H,12-13,16H2,1H3,(H,28,31). The number of carbonyl (C=O) groups is 1. The first-order valence-electron chi connectivity index (χ1n) is 11.4. The molecule has 4 aromatic rings. The molecule has 0 saturated heterocycles. The molecule has 1 heterocycles. The number of hydrogen-bond acceptors (Lipinski definition) is 5. The SMILES string of the molecule is Cc1ccc(-c2cnc(-c3ccccc3C(=O)NCc3ccc(S(=O)(=O)NC4CC4)cc3)o2)cc1. The summed E-state index contributed by atoms with van der Waals surface area (Å²) in [5, 5.41) is 2.90. The number of rotatable bonds is 8. The van der Waals surface area contributed by atoms with Crippen LogP contribution in [0.25, 0.3) is 22.8 Å². The molecule has 8 heteroatoms. The van der Waals surface area contributed by atoms with Crippen molar-refractivity contribution in [3.8, 4) is 22.8 Å². The van der Waals surface area contributed by atoms with E-state index in [-0.39, 0.29) is 23.4 Å². The third-order valence-corrected chi connectivity index (χ3v) is 7.37. The van der Waals surface area contributed by atoms with E-state index < -0.39 is 10.0 Å². The van der Waals surface area contributed by atoms with E-state index in [0.717, 1.165) is 29.5 Å². The molecule has 1 saturated carbocycles. The quantitative estimate of drug-likeness (QED) is 0.376. The van der Waals surface area contributed by atoms with E-state index in [2.05, 4.69) is 15.0 Å². The van der Waals surface area contributed by atoms with Crippen molar-refractivity contribution < 1.29 is 17.6 Å². The van der Waals surface area contributed by atoms with Crippen LogP contribution >= 0.6 is 0 Å². The number of carbonyl (C=O) groups excluding carboxylic acids is 1. The Morgan fingerprint density at radius 1 is 1.00 bits per heavy atom. The van der Waals surface area contributed by atoms with Crippen LogP contribution in [0.3, 0.4) is 0 Å². The third kappa shape index (κ3) is 5.34. The number of aromatic nitrogens is 1. The smallest absolute Gasteiger partial charge is 0.252 e. The van der Waals surface area contributed by atoms with Gasteiger partial charge in [0, 0.05) is 23.7 Å². The van der Waals surface area contributed by atoms with Crippen LogP contribution in [0.4, 0.5) is 0 Å². The Bertz CT molecular complexity index is 1460. The van der Waals surface area contributed by atoms with Crippen LogP contribution in [0.2, 0.25) is 0 Å². The Labute approximate surface area is 204 Å². The Balaban J connectivity index is 1.28. The molecule has 0 atom stereocenters. The van der Waals surface area contributed by atoms with E-state index in [1.54, 1.807) is 48.7 Å². The van der Waals surface area contributed by atoms with E-state index >= 15 is 0 Å². The van der Waals surface area contributed by atoms with Crippen molar-refractivity contribution in [3.05, 3.63) is 95.7 Å². The van der Waals surface area contributed by atoms with Crippen LogP contribution < -0.4 is 10.0 Å². The average Bonchev–Trinajstić information content (AvgIpc) is 3.53. The van der Waals surface area contributed by atoms with Gasteiger partial charge in [-0.25, -0.2) is 18.1 Å². The molecule has 1 aromatic heterocycles. The van der Waals surface area contributed by atoms with Gasteiger partial charge in [0.2, 0.25) is 15.9 Å². The maximum atomic E-state index is 13.0. The van der Waals surface area contributed by atoms with Gasteiger partial charge in [-0.2, -0.15) is 0 Å². The molecular formula is C27H25N3O4S. The zero-order valence-electron chi connectivity index (χ0n) is 19.2. The highest BCUT2D eigenvalue weighted by Gasteiger charge is 2.27. The summed E-state index contributed by atoms with van der Waals surface area (Å²) in [6, 6.07) is 21.7. The summed E-state index contributed by atoms with van der Waals surface area (Å²) in [5.74, 6) is 0.716. The number of nitrogens with one attached hydrogen (secondary N) is 2. The van der Waals surface area contributed by atoms with Gasteiger partial charge in [-0.05, 0) is 49.6 Å². The minimum absolute atomic E-state index is 0.0515. The minimum atomic E-state index is -3.50. The number of aryl methyl sites for hydroxylation is 1. The first-order chi connectivity index (χ1) is 16.9. The van der Waals surface area contributed by atoms with Gasteiger partial charge in [-0.3, -0.25) is 4.79 Å². The summed E-state index contributed by atoms with van der Waals surface area (Å²) in [4.78, 5) is 17.6. The molecule has 0 radical (unpaired) electrons. The van der Waals surface area contributed by atoms with E-state index in [0.29, 0.717) is 22.8 Å². The fourth-order valence-electron chi connectivity index (χ4n) is 3.67. The number of benzene rings is 3. The van der Waals surface area contributed by atoms with Crippen molar-refractivity contribution in [3.63, 3.8) is 0 Å². The lowest BCUT2D eigenvalue weighted by atomic mass is 10.1. The van der Waals surface area contributed by atoms with E-state index in [4.69, 9.17) is 4.42 Å². The predicted molar refractivity (Wildman–Crippen MR) is 133 cm³/mol. The summed E-state index contributed by atoms with van der Waals surface area (Å²) < 4.78 is 33.3. The summed E-state index contributed by atoms with van der Waals surface area (Å²) in [6.07, 6.45) is 3.42. The predicted octanol–water partition coefficient (Wildman–Crippen LogP) is 4.69. The topological polar surface area (TPSA) is 101 Å². The Kier molecular flexibility index (Phi) is 6.23. The van der Waals surface area contributed by atoms with Gasteiger partial charge < -0.3 is 9.73 Å². The van der Waals surface area contributed by atoms with Crippen LogP contribution in [0.15, 0.2) is 88.3 Å². The Morgan fingerprint density at radius 2 is 1.71 bits per heavy atom. The Hall–Kier alpha value is -3.75. The highest BCUT2D eigenvalue weighted by Crippen LogP contribution is 2.28. The van der Waals surface area contributed by atoms with Gasteiger partial charge in [-0.15, -0.1) is 0 Å². The fraction of sp³-hybridized carbons (Fsp3) is 0.185. The summed E-state index contributed by atoms with van der Waals surface area (Å²) in [5.41, 5.74) is 3.89. The van der Waals surface area contributed by atoms with Crippen LogP contribution in [0.5, 0.6) is 0 Å². The minimum Gasteiger partial charge on any atom is -0.436 e. The van der Waals surface area contributed by atoms with E-state index in [1.165, 1.54) is 0 Å². The molecule has 2 N–H and O–H groups in total. The third-order valence-electron chi connectivity index (χ3n) is 5.83. The molecule has 5 rings (SSSR count).